The summed E-state index contributed by atoms with van der Waals surface area (Å²) in [6.45, 7) is 5.48. The second kappa shape index (κ2) is 8.42. The van der Waals surface area contributed by atoms with E-state index < -0.39 is 0 Å². The second-order valence-corrected chi connectivity index (χ2v) is 6.05. The summed E-state index contributed by atoms with van der Waals surface area (Å²) < 4.78 is 6.20. The summed E-state index contributed by atoms with van der Waals surface area (Å²) in [7, 11) is 0. The molecule has 17 heavy (non-hydrogen) atoms. The van der Waals surface area contributed by atoms with Crippen LogP contribution in [0.4, 0.5) is 0 Å². The summed E-state index contributed by atoms with van der Waals surface area (Å²) in [6.07, 6.45) is 12.2. The standard InChI is InChI=1S/C15H30OS/c1-3-10-15(13-17,11-4-2)12-16-14-8-6-5-7-9-14/h14,17H,3-13H2,1-2H3. The van der Waals surface area contributed by atoms with Crippen molar-refractivity contribution in [3.63, 3.8) is 0 Å². The molecule has 2 heteroatoms. The van der Waals surface area contributed by atoms with Gasteiger partial charge in [0.15, 0.2) is 0 Å². The van der Waals surface area contributed by atoms with Crippen LogP contribution in [0.1, 0.15) is 71.6 Å². The molecule has 0 aliphatic heterocycles. The molecule has 1 aliphatic carbocycles. The highest BCUT2D eigenvalue weighted by Crippen LogP contribution is 2.33. The van der Waals surface area contributed by atoms with Crippen molar-refractivity contribution in [2.45, 2.75) is 77.7 Å². The summed E-state index contributed by atoms with van der Waals surface area (Å²) in [6, 6.07) is 0. The van der Waals surface area contributed by atoms with Gasteiger partial charge in [0, 0.05) is 5.41 Å². The van der Waals surface area contributed by atoms with Gasteiger partial charge in [-0.05, 0) is 31.4 Å². The van der Waals surface area contributed by atoms with E-state index in [-0.39, 0.29) is 0 Å². The Kier molecular flexibility index (Phi) is 7.61. The van der Waals surface area contributed by atoms with E-state index in [2.05, 4.69) is 26.5 Å². The molecule has 1 nitrogen and oxygen atoms in total. The van der Waals surface area contributed by atoms with Crippen molar-refractivity contribution in [1.82, 2.24) is 0 Å². The van der Waals surface area contributed by atoms with E-state index in [1.54, 1.807) is 0 Å². The predicted octanol–water partition coefficient (Wildman–Crippen LogP) is 4.85. The first-order valence-corrected chi connectivity index (χ1v) is 8.12. The van der Waals surface area contributed by atoms with Crippen LogP contribution in [-0.4, -0.2) is 18.5 Å². The van der Waals surface area contributed by atoms with Crippen LogP contribution in [0.5, 0.6) is 0 Å². The number of thiol groups is 1. The molecule has 1 rings (SSSR count). The fourth-order valence-corrected chi connectivity index (χ4v) is 3.47. The molecule has 0 spiro atoms. The highest BCUT2D eigenvalue weighted by molar-refractivity contribution is 7.80. The quantitative estimate of drug-likeness (QED) is 0.612. The van der Waals surface area contributed by atoms with Crippen molar-refractivity contribution in [2.75, 3.05) is 12.4 Å². The van der Waals surface area contributed by atoms with Crippen molar-refractivity contribution in [3.8, 4) is 0 Å². The molecule has 0 radical (unpaired) electrons. The van der Waals surface area contributed by atoms with E-state index in [1.807, 2.05) is 0 Å². The molecular formula is C15H30OS. The fourth-order valence-electron chi connectivity index (χ4n) is 3.06. The van der Waals surface area contributed by atoms with E-state index in [0.717, 1.165) is 12.4 Å². The van der Waals surface area contributed by atoms with Crippen molar-refractivity contribution in [2.24, 2.45) is 5.41 Å². The number of ether oxygens (including phenoxy) is 1. The minimum absolute atomic E-state index is 0.337. The van der Waals surface area contributed by atoms with Gasteiger partial charge in [0.2, 0.25) is 0 Å². The maximum Gasteiger partial charge on any atom is 0.0575 e. The Morgan fingerprint density at radius 2 is 1.65 bits per heavy atom. The summed E-state index contributed by atoms with van der Waals surface area (Å²) >= 11 is 4.59. The molecule has 0 unspecified atom stereocenters. The zero-order chi connectivity index (χ0) is 12.6. The first kappa shape index (κ1) is 15.4. The average molecular weight is 258 g/mol. The lowest BCUT2D eigenvalue weighted by Crippen LogP contribution is -2.32. The summed E-state index contributed by atoms with van der Waals surface area (Å²) in [4.78, 5) is 0. The first-order valence-electron chi connectivity index (χ1n) is 7.49. The van der Waals surface area contributed by atoms with Crippen LogP contribution in [0, 0.1) is 5.41 Å². The third kappa shape index (κ3) is 5.21. The Morgan fingerprint density at radius 3 is 2.12 bits per heavy atom. The van der Waals surface area contributed by atoms with Gasteiger partial charge in [0.05, 0.1) is 12.7 Å². The maximum absolute atomic E-state index is 6.20. The van der Waals surface area contributed by atoms with E-state index in [4.69, 9.17) is 4.74 Å². The first-order chi connectivity index (χ1) is 8.26. The van der Waals surface area contributed by atoms with E-state index in [1.165, 1.54) is 57.8 Å². The van der Waals surface area contributed by atoms with E-state index in [0.29, 0.717) is 11.5 Å². The SMILES string of the molecule is CCCC(CS)(CCC)COC1CCCCC1. The molecule has 1 aliphatic rings. The third-order valence-electron chi connectivity index (χ3n) is 4.07. The molecule has 1 saturated carbocycles. The van der Waals surface area contributed by atoms with Gasteiger partial charge in [0.25, 0.3) is 0 Å². The largest absolute Gasteiger partial charge is 0.378 e. The number of hydrogen-bond donors (Lipinski definition) is 1. The van der Waals surface area contributed by atoms with Crippen molar-refractivity contribution in [3.05, 3.63) is 0 Å². The topological polar surface area (TPSA) is 9.23 Å². The molecule has 0 N–H and O–H groups in total. The fraction of sp³-hybridized carbons (Fsp3) is 1.00. The highest BCUT2D eigenvalue weighted by atomic mass is 32.1. The van der Waals surface area contributed by atoms with Gasteiger partial charge >= 0.3 is 0 Å². The van der Waals surface area contributed by atoms with Crippen LogP contribution in [0.15, 0.2) is 0 Å². The zero-order valence-corrected chi connectivity index (χ0v) is 12.6. The molecule has 0 aromatic heterocycles. The highest BCUT2D eigenvalue weighted by Gasteiger charge is 2.28. The molecular weight excluding hydrogens is 228 g/mol. The lowest BCUT2D eigenvalue weighted by molar-refractivity contribution is -0.0242. The van der Waals surface area contributed by atoms with Crippen LogP contribution in [0.2, 0.25) is 0 Å². The Hall–Kier alpha value is 0.310. The molecule has 102 valence electrons. The van der Waals surface area contributed by atoms with Gasteiger partial charge in [-0.1, -0.05) is 46.0 Å². The Morgan fingerprint density at radius 1 is 1.06 bits per heavy atom. The maximum atomic E-state index is 6.20. The lowest BCUT2D eigenvalue weighted by Gasteiger charge is -2.34. The molecule has 0 aromatic carbocycles. The van der Waals surface area contributed by atoms with Gasteiger partial charge in [0.1, 0.15) is 0 Å². The molecule has 0 heterocycles. The molecule has 0 aromatic rings. The van der Waals surface area contributed by atoms with Gasteiger partial charge in [-0.3, -0.25) is 0 Å². The normalized spacial score (nSPS) is 18.5. The molecule has 0 saturated heterocycles. The monoisotopic (exact) mass is 258 g/mol. The van der Waals surface area contributed by atoms with Crippen molar-refractivity contribution >= 4 is 12.6 Å². The van der Waals surface area contributed by atoms with Crippen LogP contribution in [0.25, 0.3) is 0 Å². The molecule has 1 fully saturated rings. The Bertz CT molecular complexity index is 181. The van der Waals surface area contributed by atoms with Gasteiger partial charge in [-0.2, -0.15) is 12.6 Å². The van der Waals surface area contributed by atoms with Gasteiger partial charge in [-0.15, -0.1) is 0 Å². The summed E-state index contributed by atoms with van der Waals surface area (Å²) in [5.41, 5.74) is 0.337. The van der Waals surface area contributed by atoms with Crippen LogP contribution >= 0.6 is 12.6 Å². The molecule has 0 amide bonds. The smallest absolute Gasteiger partial charge is 0.0575 e. The molecule has 0 atom stereocenters. The number of rotatable bonds is 8. The Labute approximate surface area is 113 Å². The van der Waals surface area contributed by atoms with Crippen molar-refractivity contribution < 1.29 is 4.74 Å². The number of hydrogen-bond acceptors (Lipinski definition) is 2. The minimum Gasteiger partial charge on any atom is -0.378 e. The van der Waals surface area contributed by atoms with Crippen LogP contribution in [0.3, 0.4) is 0 Å². The van der Waals surface area contributed by atoms with Gasteiger partial charge < -0.3 is 4.74 Å². The summed E-state index contributed by atoms with van der Waals surface area (Å²) in [5, 5.41) is 0. The van der Waals surface area contributed by atoms with Gasteiger partial charge in [-0.25, -0.2) is 0 Å². The second-order valence-electron chi connectivity index (χ2n) is 5.73. The van der Waals surface area contributed by atoms with Crippen LogP contribution in [-0.2, 0) is 4.74 Å². The Balaban J connectivity index is 2.40. The molecule has 0 bridgehead atoms. The summed E-state index contributed by atoms with van der Waals surface area (Å²) in [5.74, 6) is 0.974. The zero-order valence-electron chi connectivity index (χ0n) is 11.7. The minimum atomic E-state index is 0.337. The van der Waals surface area contributed by atoms with Crippen LogP contribution < -0.4 is 0 Å². The van der Waals surface area contributed by atoms with E-state index in [9.17, 15) is 0 Å². The lowest BCUT2D eigenvalue weighted by atomic mass is 9.81. The van der Waals surface area contributed by atoms with E-state index >= 15 is 0 Å². The predicted molar refractivity (Wildman–Crippen MR) is 78.9 cm³/mol. The average Bonchev–Trinajstić information content (AvgIpc) is 2.38. The van der Waals surface area contributed by atoms with Crippen molar-refractivity contribution in [1.29, 1.82) is 0 Å². The third-order valence-corrected chi connectivity index (χ3v) is 4.74.